The molecule has 1 heterocycles. The van der Waals surface area contributed by atoms with Crippen molar-refractivity contribution in [3.05, 3.63) is 66.2 Å². The molecule has 3 aromatic carbocycles. The lowest BCUT2D eigenvalue weighted by molar-refractivity contribution is 0.607. The molecule has 4 aromatic rings. The molecule has 148 valence electrons. The van der Waals surface area contributed by atoms with E-state index in [4.69, 9.17) is 4.98 Å². The first-order chi connectivity index (χ1) is 13.8. The Hall–Kier alpha value is -3.32. The largest absolute Gasteiger partial charge is 0.386 e. The van der Waals surface area contributed by atoms with Gasteiger partial charge < -0.3 is 10.6 Å². The Labute approximate surface area is 170 Å². The van der Waals surface area contributed by atoms with Crippen LogP contribution >= 0.6 is 0 Å². The lowest BCUT2D eigenvalue weighted by Crippen LogP contribution is -2.10. The summed E-state index contributed by atoms with van der Waals surface area (Å²) in [4.78, 5) is 4.79. The lowest BCUT2D eigenvalue weighted by Gasteiger charge is -2.17. The summed E-state index contributed by atoms with van der Waals surface area (Å²) in [6.07, 6.45) is 1.13. The molecule has 0 saturated heterocycles. The summed E-state index contributed by atoms with van der Waals surface area (Å²) >= 11 is 0. The summed E-state index contributed by atoms with van der Waals surface area (Å²) in [7, 11) is -1.54. The number of benzene rings is 3. The van der Waals surface area contributed by atoms with Crippen molar-refractivity contribution in [1.29, 1.82) is 0 Å². The molecule has 0 radical (unpaired) electrons. The third kappa shape index (κ3) is 3.95. The molecule has 0 bridgehead atoms. The van der Waals surface area contributed by atoms with Gasteiger partial charge in [0.15, 0.2) is 0 Å². The van der Waals surface area contributed by atoms with Gasteiger partial charge in [-0.1, -0.05) is 29.8 Å². The van der Waals surface area contributed by atoms with Crippen LogP contribution in [0.3, 0.4) is 0 Å². The molecule has 0 aliphatic rings. The summed E-state index contributed by atoms with van der Waals surface area (Å²) in [5, 5.41) is 8.73. The van der Waals surface area contributed by atoms with Gasteiger partial charge in [0.1, 0.15) is 0 Å². The number of para-hydroxylation sites is 1. The molecule has 7 heteroatoms. The van der Waals surface area contributed by atoms with E-state index in [0.29, 0.717) is 5.69 Å². The number of nitrogens with zero attached hydrogens (tertiary/aromatic N) is 1. The molecule has 0 unspecified atom stereocenters. The summed E-state index contributed by atoms with van der Waals surface area (Å²) in [5.74, 6) is 0. The van der Waals surface area contributed by atoms with E-state index in [1.807, 2.05) is 36.4 Å². The number of aromatic nitrogens is 1. The summed E-state index contributed by atoms with van der Waals surface area (Å²) in [6.45, 7) is 2.06. The van der Waals surface area contributed by atoms with Crippen molar-refractivity contribution in [2.75, 3.05) is 28.7 Å². The van der Waals surface area contributed by atoms with Gasteiger partial charge >= 0.3 is 0 Å². The van der Waals surface area contributed by atoms with Gasteiger partial charge in [0.25, 0.3) is 0 Å². The monoisotopic (exact) mass is 406 g/mol. The maximum atomic E-state index is 11.5. The van der Waals surface area contributed by atoms with Gasteiger partial charge in [-0.15, -0.1) is 0 Å². The van der Waals surface area contributed by atoms with Crippen molar-refractivity contribution in [1.82, 2.24) is 4.98 Å². The number of hydrogen-bond donors (Lipinski definition) is 3. The minimum absolute atomic E-state index is 0.502. The van der Waals surface area contributed by atoms with Crippen molar-refractivity contribution in [3.63, 3.8) is 0 Å². The highest BCUT2D eigenvalue weighted by Crippen LogP contribution is 2.36. The van der Waals surface area contributed by atoms with Crippen LogP contribution < -0.4 is 15.4 Å². The Balaban J connectivity index is 1.88. The molecule has 0 fully saturated rings. The second-order valence-corrected chi connectivity index (χ2v) is 8.78. The average molecular weight is 407 g/mol. The number of pyridine rings is 1. The smallest absolute Gasteiger partial charge is 0.229 e. The number of fused-ring (bicyclic) bond motifs is 2. The van der Waals surface area contributed by atoms with Gasteiger partial charge in [0.05, 0.1) is 40.0 Å². The molecule has 0 aliphatic carbocycles. The van der Waals surface area contributed by atoms with Crippen LogP contribution in [0, 0.1) is 6.92 Å². The summed E-state index contributed by atoms with van der Waals surface area (Å²) in [6, 6.07) is 19.6. The molecule has 0 saturated carbocycles. The topological polar surface area (TPSA) is 83.1 Å². The van der Waals surface area contributed by atoms with Gasteiger partial charge in [0, 0.05) is 17.8 Å². The number of rotatable bonds is 5. The molecule has 1 aromatic heterocycles. The predicted octanol–water partition coefficient (Wildman–Crippen LogP) is 4.85. The van der Waals surface area contributed by atoms with Crippen LogP contribution in [0.15, 0.2) is 60.7 Å². The van der Waals surface area contributed by atoms with Crippen LogP contribution in [0.5, 0.6) is 0 Å². The van der Waals surface area contributed by atoms with Crippen molar-refractivity contribution in [3.8, 4) is 0 Å². The van der Waals surface area contributed by atoms with Crippen LogP contribution in [0.25, 0.3) is 21.8 Å². The highest BCUT2D eigenvalue weighted by molar-refractivity contribution is 7.92. The van der Waals surface area contributed by atoms with E-state index < -0.39 is 10.0 Å². The van der Waals surface area contributed by atoms with Crippen molar-refractivity contribution < 1.29 is 8.42 Å². The van der Waals surface area contributed by atoms with E-state index in [2.05, 4.69) is 34.4 Å². The average Bonchev–Trinajstić information content (AvgIpc) is 2.68. The maximum Gasteiger partial charge on any atom is 0.229 e. The zero-order valence-electron chi connectivity index (χ0n) is 16.4. The zero-order valence-corrected chi connectivity index (χ0v) is 17.3. The fraction of sp³-hybridized carbons (Fsp3) is 0.136. The standard InChI is InChI=1S/C22H22N4O2S/c1-14-8-10-19-17(12-14)22(16-6-4-5-7-18(16)24-19)25-20-11-9-15(13-21(20)23-2)26-29(3,27)28/h4-13,23,26H,1-3H3,(H,24,25). The number of nitrogens with one attached hydrogen (secondary N) is 3. The molecule has 0 atom stereocenters. The van der Waals surface area contributed by atoms with Crippen LogP contribution in [0.1, 0.15) is 5.56 Å². The Morgan fingerprint density at radius 3 is 2.38 bits per heavy atom. The minimum Gasteiger partial charge on any atom is -0.386 e. The Bertz CT molecular complexity index is 1330. The van der Waals surface area contributed by atoms with Gasteiger partial charge in [-0.25, -0.2) is 13.4 Å². The Morgan fingerprint density at radius 2 is 1.62 bits per heavy atom. The molecule has 0 spiro atoms. The van der Waals surface area contributed by atoms with Gasteiger partial charge in [-0.2, -0.15) is 0 Å². The number of hydrogen-bond acceptors (Lipinski definition) is 5. The van der Waals surface area contributed by atoms with E-state index >= 15 is 0 Å². The van der Waals surface area contributed by atoms with Crippen LogP contribution in [0.4, 0.5) is 22.7 Å². The van der Waals surface area contributed by atoms with E-state index in [0.717, 1.165) is 50.7 Å². The SMILES string of the molecule is CNc1cc(NS(C)(=O)=O)ccc1Nc1c2ccccc2nc2ccc(C)cc12. The molecule has 3 N–H and O–H groups in total. The lowest BCUT2D eigenvalue weighted by atomic mass is 10.1. The number of anilines is 4. The molecule has 0 aliphatic heterocycles. The highest BCUT2D eigenvalue weighted by Gasteiger charge is 2.12. The quantitative estimate of drug-likeness (QED) is 0.413. The minimum atomic E-state index is -3.34. The highest BCUT2D eigenvalue weighted by atomic mass is 32.2. The molecular weight excluding hydrogens is 384 g/mol. The molecular formula is C22H22N4O2S. The molecule has 6 nitrogen and oxygen atoms in total. The first-order valence-corrected chi connectivity index (χ1v) is 11.1. The van der Waals surface area contributed by atoms with Crippen LogP contribution in [-0.4, -0.2) is 26.7 Å². The van der Waals surface area contributed by atoms with Crippen LogP contribution in [0.2, 0.25) is 0 Å². The Kier molecular flexibility index (Phi) is 4.76. The summed E-state index contributed by atoms with van der Waals surface area (Å²) in [5.41, 5.74) is 6.06. The maximum absolute atomic E-state index is 11.5. The fourth-order valence-electron chi connectivity index (χ4n) is 3.41. The van der Waals surface area contributed by atoms with Crippen molar-refractivity contribution in [2.24, 2.45) is 0 Å². The first-order valence-electron chi connectivity index (χ1n) is 9.20. The molecule has 29 heavy (non-hydrogen) atoms. The van der Waals surface area contributed by atoms with E-state index in [-0.39, 0.29) is 0 Å². The number of sulfonamides is 1. The first kappa shape index (κ1) is 19.0. The normalized spacial score (nSPS) is 11.6. The second-order valence-electron chi connectivity index (χ2n) is 7.03. The zero-order chi connectivity index (χ0) is 20.6. The van der Waals surface area contributed by atoms with Crippen molar-refractivity contribution >= 4 is 54.6 Å². The summed E-state index contributed by atoms with van der Waals surface area (Å²) < 4.78 is 25.6. The number of aryl methyl sites for hydroxylation is 1. The third-order valence-electron chi connectivity index (χ3n) is 4.69. The van der Waals surface area contributed by atoms with E-state index in [1.54, 1.807) is 19.2 Å². The van der Waals surface area contributed by atoms with Gasteiger partial charge in [-0.3, -0.25) is 4.72 Å². The van der Waals surface area contributed by atoms with Gasteiger partial charge in [-0.05, 0) is 43.3 Å². The Morgan fingerprint density at radius 1 is 0.862 bits per heavy atom. The van der Waals surface area contributed by atoms with Crippen LogP contribution in [-0.2, 0) is 10.0 Å². The van der Waals surface area contributed by atoms with Crippen molar-refractivity contribution in [2.45, 2.75) is 6.92 Å². The molecule has 4 rings (SSSR count). The third-order valence-corrected chi connectivity index (χ3v) is 5.29. The van der Waals surface area contributed by atoms with E-state index in [1.165, 1.54) is 0 Å². The predicted molar refractivity (Wildman–Crippen MR) is 122 cm³/mol. The van der Waals surface area contributed by atoms with Gasteiger partial charge in [0.2, 0.25) is 10.0 Å². The molecule has 0 amide bonds. The van der Waals surface area contributed by atoms with E-state index in [9.17, 15) is 8.42 Å². The second kappa shape index (κ2) is 7.25. The fourth-order valence-corrected chi connectivity index (χ4v) is 3.97.